The molecule has 0 saturated carbocycles. The largest absolute Gasteiger partial charge is 0.344 e. The molecular formula is C17H17N5O2. The molecule has 7 nitrogen and oxygen atoms in total. The first-order valence-electron chi connectivity index (χ1n) is 7.46. The molecule has 122 valence electrons. The first kappa shape index (κ1) is 15.7. The van der Waals surface area contributed by atoms with Gasteiger partial charge in [-0.3, -0.25) is 19.3 Å². The number of nitrogens with zero attached hydrogens (tertiary/aromatic N) is 3. The van der Waals surface area contributed by atoms with Crippen LogP contribution in [0.4, 0.5) is 5.69 Å². The van der Waals surface area contributed by atoms with Gasteiger partial charge in [0.15, 0.2) is 0 Å². The highest BCUT2D eigenvalue weighted by Crippen LogP contribution is 2.21. The summed E-state index contributed by atoms with van der Waals surface area (Å²) in [5.41, 5.74) is 3.11. The second-order valence-corrected chi connectivity index (χ2v) is 5.39. The highest BCUT2D eigenvalue weighted by molar-refractivity contribution is 6.40. The summed E-state index contributed by atoms with van der Waals surface area (Å²) in [4.78, 5) is 28.3. The monoisotopic (exact) mass is 323 g/mol. The maximum absolute atomic E-state index is 12.1. The van der Waals surface area contributed by atoms with Crippen LogP contribution in [0, 0.1) is 6.92 Å². The predicted octanol–water partition coefficient (Wildman–Crippen LogP) is 1.53. The molecule has 2 N–H and O–H groups in total. The van der Waals surface area contributed by atoms with E-state index in [1.165, 1.54) is 0 Å². The van der Waals surface area contributed by atoms with Crippen molar-refractivity contribution >= 4 is 28.4 Å². The van der Waals surface area contributed by atoms with Gasteiger partial charge in [-0.05, 0) is 31.2 Å². The third kappa shape index (κ3) is 3.10. The topological polar surface area (TPSA) is 88.9 Å². The molecule has 0 aliphatic heterocycles. The van der Waals surface area contributed by atoms with Crippen LogP contribution in [-0.4, -0.2) is 26.6 Å². The van der Waals surface area contributed by atoms with Crippen LogP contribution < -0.4 is 10.6 Å². The molecule has 2 amide bonds. The number of hydrogen-bond acceptors (Lipinski definition) is 4. The fourth-order valence-electron chi connectivity index (χ4n) is 2.36. The molecule has 0 unspecified atom stereocenters. The molecule has 0 spiro atoms. The van der Waals surface area contributed by atoms with Crippen LogP contribution in [-0.2, 0) is 23.2 Å². The lowest BCUT2D eigenvalue weighted by Gasteiger charge is -2.08. The van der Waals surface area contributed by atoms with E-state index in [0.717, 1.165) is 22.2 Å². The normalized spacial score (nSPS) is 10.6. The Kier molecular flexibility index (Phi) is 4.24. The highest BCUT2D eigenvalue weighted by Gasteiger charge is 2.15. The number of amides is 2. The molecule has 0 bridgehead atoms. The lowest BCUT2D eigenvalue weighted by molar-refractivity contribution is -0.136. The van der Waals surface area contributed by atoms with Crippen molar-refractivity contribution in [2.75, 3.05) is 5.32 Å². The number of rotatable bonds is 3. The van der Waals surface area contributed by atoms with Crippen LogP contribution in [0.1, 0.15) is 11.3 Å². The van der Waals surface area contributed by atoms with Crippen molar-refractivity contribution in [1.29, 1.82) is 0 Å². The maximum Gasteiger partial charge on any atom is 0.313 e. The number of fused-ring (bicyclic) bond motifs is 1. The van der Waals surface area contributed by atoms with Crippen molar-refractivity contribution in [1.82, 2.24) is 20.1 Å². The van der Waals surface area contributed by atoms with Crippen molar-refractivity contribution in [3.05, 3.63) is 54.0 Å². The van der Waals surface area contributed by atoms with E-state index in [2.05, 4.69) is 20.7 Å². The maximum atomic E-state index is 12.1. The summed E-state index contributed by atoms with van der Waals surface area (Å²) in [5.74, 6) is -1.41. The average molecular weight is 323 g/mol. The van der Waals surface area contributed by atoms with E-state index in [0.29, 0.717) is 5.69 Å². The molecule has 0 radical (unpaired) electrons. The van der Waals surface area contributed by atoms with Gasteiger partial charge in [0.1, 0.15) is 0 Å². The smallest absolute Gasteiger partial charge is 0.313 e. The van der Waals surface area contributed by atoms with Crippen LogP contribution in [0.15, 0.2) is 42.7 Å². The Morgan fingerprint density at radius 1 is 1.17 bits per heavy atom. The van der Waals surface area contributed by atoms with E-state index in [1.54, 1.807) is 35.3 Å². The van der Waals surface area contributed by atoms with Crippen molar-refractivity contribution < 1.29 is 9.59 Å². The minimum absolute atomic E-state index is 0.253. The Hall–Kier alpha value is -3.22. The Bertz CT molecular complexity index is 911. The van der Waals surface area contributed by atoms with Crippen molar-refractivity contribution in [3.63, 3.8) is 0 Å². The van der Waals surface area contributed by atoms with Gasteiger partial charge in [-0.2, -0.15) is 5.10 Å². The molecule has 0 fully saturated rings. The van der Waals surface area contributed by atoms with E-state index in [-0.39, 0.29) is 6.54 Å². The average Bonchev–Trinajstić information content (AvgIpc) is 2.92. The lowest BCUT2D eigenvalue weighted by atomic mass is 10.2. The number of carbonyl (C=O) groups excluding carboxylic acids is 2. The van der Waals surface area contributed by atoms with Crippen LogP contribution >= 0.6 is 0 Å². The third-order valence-electron chi connectivity index (χ3n) is 3.88. The zero-order valence-electron chi connectivity index (χ0n) is 13.4. The molecule has 0 saturated heterocycles. The first-order chi connectivity index (χ1) is 11.6. The number of nitrogens with one attached hydrogen (secondary N) is 2. The van der Waals surface area contributed by atoms with Gasteiger partial charge < -0.3 is 10.6 Å². The second-order valence-electron chi connectivity index (χ2n) is 5.39. The van der Waals surface area contributed by atoms with Crippen LogP contribution in [0.5, 0.6) is 0 Å². The molecule has 0 atom stereocenters. The van der Waals surface area contributed by atoms with Gasteiger partial charge in [0.05, 0.1) is 17.4 Å². The molecule has 2 aromatic heterocycles. The number of aromatic nitrogens is 3. The van der Waals surface area contributed by atoms with Crippen molar-refractivity contribution in [2.45, 2.75) is 13.5 Å². The number of hydrogen-bond donors (Lipinski definition) is 2. The van der Waals surface area contributed by atoms with Gasteiger partial charge in [-0.15, -0.1) is 0 Å². The summed E-state index contributed by atoms with van der Waals surface area (Å²) < 4.78 is 1.71. The van der Waals surface area contributed by atoms with Crippen molar-refractivity contribution in [3.8, 4) is 0 Å². The molecule has 3 rings (SSSR count). The quantitative estimate of drug-likeness (QED) is 0.715. The summed E-state index contributed by atoms with van der Waals surface area (Å²) in [7, 11) is 1.82. The standard InChI is InChI=1S/C17H17N5O2/c1-11-12(10-20-22(11)2)9-19-16(23)17(24)21-15-7-3-6-14-13(15)5-4-8-18-14/h3-8,10H,9H2,1-2H3,(H,19,23)(H,21,24). The van der Waals surface area contributed by atoms with Gasteiger partial charge in [-0.25, -0.2) is 0 Å². The first-order valence-corrected chi connectivity index (χ1v) is 7.46. The van der Waals surface area contributed by atoms with Crippen LogP contribution in [0.2, 0.25) is 0 Å². The number of carbonyl (C=O) groups is 2. The van der Waals surface area contributed by atoms with Gasteiger partial charge in [0.2, 0.25) is 0 Å². The zero-order chi connectivity index (χ0) is 17.1. The van der Waals surface area contributed by atoms with E-state index in [4.69, 9.17) is 0 Å². The molecular weight excluding hydrogens is 306 g/mol. The van der Waals surface area contributed by atoms with E-state index in [9.17, 15) is 9.59 Å². The fourth-order valence-corrected chi connectivity index (χ4v) is 2.36. The Balaban J connectivity index is 1.68. The summed E-state index contributed by atoms with van der Waals surface area (Å²) in [6, 6.07) is 8.98. The zero-order valence-corrected chi connectivity index (χ0v) is 13.4. The minimum atomic E-state index is -0.715. The van der Waals surface area contributed by atoms with Crippen molar-refractivity contribution in [2.24, 2.45) is 7.05 Å². The molecule has 1 aromatic carbocycles. The Morgan fingerprint density at radius 3 is 2.75 bits per heavy atom. The molecule has 0 aliphatic carbocycles. The van der Waals surface area contributed by atoms with Gasteiger partial charge in [0, 0.05) is 36.4 Å². The van der Waals surface area contributed by atoms with Gasteiger partial charge in [-0.1, -0.05) is 6.07 Å². The molecule has 24 heavy (non-hydrogen) atoms. The van der Waals surface area contributed by atoms with E-state index < -0.39 is 11.8 Å². The predicted molar refractivity (Wildman–Crippen MR) is 90.2 cm³/mol. The number of aryl methyl sites for hydroxylation is 1. The molecule has 0 aliphatic rings. The van der Waals surface area contributed by atoms with Gasteiger partial charge >= 0.3 is 11.8 Å². The highest BCUT2D eigenvalue weighted by atomic mass is 16.2. The fraction of sp³-hybridized carbons (Fsp3) is 0.176. The van der Waals surface area contributed by atoms with Gasteiger partial charge in [0.25, 0.3) is 0 Å². The number of pyridine rings is 1. The molecule has 7 heteroatoms. The molecule has 3 aromatic rings. The minimum Gasteiger partial charge on any atom is -0.344 e. The Morgan fingerprint density at radius 2 is 2.00 bits per heavy atom. The number of anilines is 1. The summed E-state index contributed by atoms with van der Waals surface area (Å²) >= 11 is 0. The summed E-state index contributed by atoms with van der Waals surface area (Å²) in [6.07, 6.45) is 3.35. The van der Waals surface area contributed by atoms with Crippen LogP contribution in [0.25, 0.3) is 10.9 Å². The number of benzene rings is 1. The summed E-state index contributed by atoms with van der Waals surface area (Å²) in [5, 5.41) is 10.1. The third-order valence-corrected chi connectivity index (χ3v) is 3.88. The van der Waals surface area contributed by atoms with Crippen LogP contribution in [0.3, 0.4) is 0 Å². The second kappa shape index (κ2) is 6.49. The SMILES string of the molecule is Cc1c(CNC(=O)C(=O)Nc2cccc3ncccc23)cnn1C. The summed E-state index contributed by atoms with van der Waals surface area (Å²) in [6.45, 7) is 2.15. The lowest BCUT2D eigenvalue weighted by Crippen LogP contribution is -2.35. The van der Waals surface area contributed by atoms with E-state index >= 15 is 0 Å². The molecule has 2 heterocycles. The Labute approximate surface area is 138 Å². The van der Waals surface area contributed by atoms with E-state index in [1.807, 2.05) is 26.1 Å².